The second-order valence-electron chi connectivity index (χ2n) is 5.29. The fourth-order valence-electron chi connectivity index (χ4n) is 1.98. The zero-order valence-corrected chi connectivity index (χ0v) is 13.2. The first kappa shape index (κ1) is 19.0. The molecule has 0 spiro atoms. The summed E-state index contributed by atoms with van der Waals surface area (Å²) in [7, 11) is 1.54. The topological polar surface area (TPSA) is 66.8 Å². The maximum atomic E-state index is 13.3. The van der Waals surface area contributed by atoms with Gasteiger partial charge in [-0.05, 0) is 31.0 Å². The van der Waals surface area contributed by atoms with E-state index < -0.39 is 17.6 Å². The van der Waals surface area contributed by atoms with Gasteiger partial charge in [-0.15, -0.1) is 0 Å². The molecule has 1 aromatic carbocycles. The molecule has 0 saturated heterocycles. The average Bonchev–Trinajstić information content (AvgIpc) is 2.51. The van der Waals surface area contributed by atoms with Crippen molar-refractivity contribution in [3.63, 3.8) is 0 Å². The molecule has 0 radical (unpaired) electrons. The average molecular weight is 329 g/mol. The van der Waals surface area contributed by atoms with E-state index >= 15 is 0 Å². The minimum Gasteiger partial charge on any atom is -0.481 e. The summed E-state index contributed by atoms with van der Waals surface area (Å²) in [6, 6.07) is 3.36. The first-order chi connectivity index (χ1) is 10.8. The SMILES string of the molecule is COC(C)CCC(=O)N(CCC(=O)O)Cc1ccc(F)c(F)c1. The number of halogens is 2. The van der Waals surface area contributed by atoms with Gasteiger partial charge < -0.3 is 14.7 Å². The van der Waals surface area contributed by atoms with E-state index in [4.69, 9.17) is 9.84 Å². The number of rotatable bonds is 9. The highest BCUT2D eigenvalue weighted by atomic mass is 19.2. The number of benzene rings is 1. The third-order valence-corrected chi connectivity index (χ3v) is 3.47. The Kier molecular flexibility index (Phi) is 7.61. The third kappa shape index (κ3) is 6.73. The monoisotopic (exact) mass is 329 g/mol. The van der Waals surface area contributed by atoms with Crippen LogP contribution in [0.5, 0.6) is 0 Å². The van der Waals surface area contributed by atoms with Gasteiger partial charge in [0.15, 0.2) is 11.6 Å². The van der Waals surface area contributed by atoms with Crippen molar-refractivity contribution in [2.75, 3.05) is 13.7 Å². The van der Waals surface area contributed by atoms with Crippen LogP contribution in [-0.2, 0) is 20.9 Å². The van der Waals surface area contributed by atoms with Gasteiger partial charge in [0.2, 0.25) is 5.91 Å². The normalized spacial score (nSPS) is 12.0. The number of ether oxygens (including phenoxy) is 1. The van der Waals surface area contributed by atoms with Crippen LogP contribution in [0.15, 0.2) is 18.2 Å². The Morgan fingerprint density at radius 3 is 2.52 bits per heavy atom. The molecule has 0 saturated carbocycles. The molecule has 5 nitrogen and oxygen atoms in total. The number of amides is 1. The van der Waals surface area contributed by atoms with Gasteiger partial charge in [-0.2, -0.15) is 0 Å². The lowest BCUT2D eigenvalue weighted by Crippen LogP contribution is -2.33. The first-order valence-electron chi connectivity index (χ1n) is 7.29. The number of hydrogen-bond donors (Lipinski definition) is 1. The summed E-state index contributed by atoms with van der Waals surface area (Å²) in [5, 5.41) is 8.78. The summed E-state index contributed by atoms with van der Waals surface area (Å²) in [4.78, 5) is 24.3. The van der Waals surface area contributed by atoms with E-state index in [1.807, 2.05) is 6.92 Å². The van der Waals surface area contributed by atoms with Gasteiger partial charge in [-0.1, -0.05) is 6.07 Å². The molecule has 0 fully saturated rings. The van der Waals surface area contributed by atoms with Gasteiger partial charge in [0.05, 0.1) is 12.5 Å². The summed E-state index contributed by atoms with van der Waals surface area (Å²) in [6.07, 6.45) is 0.382. The molecule has 0 heterocycles. The van der Waals surface area contributed by atoms with E-state index in [1.54, 1.807) is 7.11 Å². The Balaban J connectivity index is 2.75. The van der Waals surface area contributed by atoms with Crippen molar-refractivity contribution in [2.24, 2.45) is 0 Å². The molecular formula is C16H21F2NO4. The molecular weight excluding hydrogens is 308 g/mol. The molecule has 0 aliphatic heterocycles. The van der Waals surface area contributed by atoms with Crippen LogP contribution in [0, 0.1) is 11.6 Å². The molecule has 1 rings (SSSR count). The number of hydrogen-bond acceptors (Lipinski definition) is 3. The van der Waals surface area contributed by atoms with Gasteiger partial charge in [0.25, 0.3) is 0 Å². The number of carboxylic acids is 1. The van der Waals surface area contributed by atoms with Crippen LogP contribution in [0.4, 0.5) is 8.78 Å². The fourth-order valence-corrected chi connectivity index (χ4v) is 1.98. The minimum atomic E-state index is -1.03. The van der Waals surface area contributed by atoms with Crippen LogP contribution in [0.25, 0.3) is 0 Å². The van der Waals surface area contributed by atoms with Crippen molar-refractivity contribution in [3.8, 4) is 0 Å². The van der Waals surface area contributed by atoms with Crippen LogP contribution in [0.2, 0.25) is 0 Å². The molecule has 1 N–H and O–H groups in total. The van der Waals surface area contributed by atoms with Gasteiger partial charge in [-0.25, -0.2) is 8.78 Å². The van der Waals surface area contributed by atoms with E-state index in [2.05, 4.69) is 0 Å². The van der Waals surface area contributed by atoms with Crippen molar-refractivity contribution in [1.82, 2.24) is 4.90 Å². The Hall–Kier alpha value is -2.02. The second kappa shape index (κ2) is 9.19. The highest BCUT2D eigenvalue weighted by Gasteiger charge is 2.17. The Bertz CT molecular complexity index is 551. The molecule has 1 unspecified atom stereocenters. The summed E-state index contributed by atoms with van der Waals surface area (Å²) in [5.74, 6) is -3.24. The van der Waals surface area contributed by atoms with Crippen LogP contribution in [0.1, 0.15) is 31.7 Å². The van der Waals surface area contributed by atoms with Crippen molar-refractivity contribution >= 4 is 11.9 Å². The van der Waals surface area contributed by atoms with Crippen LogP contribution in [-0.4, -0.2) is 41.6 Å². The van der Waals surface area contributed by atoms with Gasteiger partial charge in [0.1, 0.15) is 0 Å². The third-order valence-electron chi connectivity index (χ3n) is 3.47. The standard InChI is InChI=1S/C16H21F2NO4/c1-11(23-2)3-6-15(20)19(8-7-16(21)22)10-12-4-5-13(17)14(18)9-12/h4-5,9,11H,3,6-8,10H2,1-2H3,(H,21,22). The molecule has 0 aliphatic carbocycles. The van der Waals surface area contributed by atoms with Gasteiger partial charge in [0, 0.05) is 26.6 Å². The molecule has 7 heteroatoms. The number of aliphatic carboxylic acids is 1. The fraction of sp³-hybridized carbons (Fsp3) is 0.500. The van der Waals surface area contributed by atoms with Crippen LogP contribution in [0.3, 0.4) is 0 Å². The molecule has 1 amide bonds. The molecule has 0 bridgehead atoms. The highest BCUT2D eigenvalue weighted by Crippen LogP contribution is 2.13. The van der Waals surface area contributed by atoms with Crippen molar-refractivity contribution in [2.45, 2.75) is 38.8 Å². The maximum Gasteiger partial charge on any atom is 0.305 e. The Morgan fingerprint density at radius 2 is 1.96 bits per heavy atom. The smallest absolute Gasteiger partial charge is 0.305 e. The molecule has 1 aromatic rings. The van der Waals surface area contributed by atoms with Crippen LogP contribution >= 0.6 is 0 Å². The summed E-state index contributed by atoms with van der Waals surface area (Å²) >= 11 is 0. The van der Waals surface area contributed by atoms with Crippen LogP contribution < -0.4 is 0 Å². The van der Waals surface area contributed by atoms with Crippen molar-refractivity contribution in [3.05, 3.63) is 35.4 Å². The lowest BCUT2D eigenvalue weighted by Gasteiger charge is -2.23. The molecule has 0 aliphatic rings. The molecule has 1 atom stereocenters. The number of carbonyl (C=O) groups is 2. The lowest BCUT2D eigenvalue weighted by atomic mass is 10.1. The minimum absolute atomic E-state index is 0.00846. The van der Waals surface area contributed by atoms with E-state index in [-0.39, 0.29) is 37.9 Å². The zero-order valence-electron chi connectivity index (χ0n) is 13.2. The van der Waals surface area contributed by atoms with E-state index in [0.29, 0.717) is 12.0 Å². The quantitative estimate of drug-likeness (QED) is 0.756. The Morgan fingerprint density at radius 1 is 1.26 bits per heavy atom. The Labute approximate surface area is 133 Å². The zero-order chi connectivity index (χ0) is 17.4. The second-order valence-corrected chi connectivity index (χ2v) is 5.29. The van der Waals surface area contributed by atoms with Crippen molar-refractivity contribution in [1.29, 1.82) is 0 Å². The molecule has 128 valence electrons. The number of carbonyl (C=O) groups excluding carboxylic acids is 1. The summed E-state index contributed by atoms with van der Waals surface area (Å²) in [5.41, 5.74) is 0.405. The van der Waals surface area contributed by atoms with Crippen molar-refractivity contribution < 1.29 is 28.2 Å². The first-order valence-corrected chi connectivity index (χ1v) is 7.29. The number of nitrogens with zero attached hydrogens (tertiary/aromatic N) is 1. The maximum absolute atomic E-state index is 13.3. The van der Waals surface area contributed by atoms with Gasteiger partial charge >= 0.3 is 5.97 Å². The molecule has 0 aromatic heterocycles. The van der Waals surface area contributed by atoms with E-state index in [9.17, 15) is 18.4 Å². The van der Waals surface area contributed by atoms with E-state index in [1.165, 1.54) is 11.0 Å². The lowest BCUT2D eigenvalue weighted by molar-refractivity contribution is -0.139. The summed E-state index contributed by atoms with van der Waals surface area (Å²) in [6.45, 7) is 1.86. The predicted molar refractivity (Wildman–Crippen MR) is 79.7 cm³/mol. The van der Waals surface area contributed by atoms with E-state index in [0.717, 1.165) is 12.1 Å². The number of carboxylic acid groups (broad SMARTS) is 1. The predicted octanol–water partition coefficient (Wildman–Crippen LogP) is 2.58. The number of methoxy groups -OCH3 is 1. The highest BCUT2D eigenvalue weighted by molar-refractivity contribution is 5.77. The largest absolute Gasteiger partial charge is 0.481 e. The summed E-state index contributed by atoms with van der Waals surface area (Å²) < 4.78 is 31.3. The van der Waals surface area contributed by atoms with Gasteiger partial charge in [-0.3, -0.25) is 9.59 Å². The molecule has 23 heavy (non-hydrogen) atoms.